The summed E-state index contributed by atoms with van der Waals surface area (Å²) in [5.41, 5.74) is 4.17. The number of carbonyl (C=O) groups is 1. The molecular formula is C24H27FN4OS. The molecule has 0 saturated heterocycles. The highest BCUT2D eigenvalue weighted by atomic mass is 32.2. The first-order valence-electron chi connectivity index (χ1n) is 10.6. The Morgan fingerprint density at radius 3 is 2.48 bits per heavy atom. The van der Waals surface area contributed by atoms with Crippen LogP contribution in [0.5, 0.6) is 0 Å². The molecule has 1 aliphatic rings. The summed E-state index contributed by atoms with van der Waals surface area (Å²) >= 11 is 1.38. The molecule has 0 bridgehead atoms. The maximum atomic E-state index is 13.5. The van der Waals surface area contributed by atoms with Gasteiger partial charge in [0.15, 0.2) is 16.8 Å². The molecule has 0 amide bonds. The van der Waals surface area contributed by atoms with Gasteiger partial charge in [-0.15, -0.1) is 10.2 Å². The molecule has 31 heavy (non-hydrogen) atoms. The summed E-state index contributed by atoms with van der Waals surface area (Å²) in [6.07, 6.45) is 3.30. The van der Waals surface area contributed by atoms with Crippen molar-refractivity contribution in [3.05, 3.63) is 70.8 Å². The van der Waals surface area contributed by atoms with E-state index in [1.807, 2.05) is 49.5 Å². The zero-order chi connectivity index (χ0) is 22.1. The van der Waals surface area contributed by atoms with E-state index in [-0.39, 0.29) is 22.9 Å². The number of carbonyl (C=O) groups excluding carboxylic acids is 1. The van der Waals surface area contributed by atoms with Crippen LogP contribution in [-0.4, -0.2) is 44.8 Å². The summed E-state index contributed by atoms with van der Waals surface area (Å²) in [5.74, 6) is 0.528. The van der Waals surface area contributed by atoms with E-state index in [9.17, 15) is 9.18 Å². The molecule has 1 aromatic heterocycles. The summed E-state index contributed by atoms with van der Waals surface area (Å²) in [5, 5.41) is 9.10. The van der Waals surface area contributed by atoms with E-state index >= 15 is 0 Å². The van der Waals surface area contributed by atoms with Gasteiger partial charge in [0.05, 0.1) is 11.3 Å². The monoisotopic (exact) mass is 438 g/mol. The molecule has 0 spiro atoms. The summed E-state index contributed by atoms with van der Waals surface area (Å²) in [4.78, 5) is 15.2. The first-order valence-corrected chi connectivity index (χ1v) is 11.4. The third-order valence-corrected chi connectivity index (χ3v) is 6.97. The fraction of sp³-hybridized carbons (Fsp3) is 0.375. The maximum Gasteiger partial charge on any atom is 0.196 e. The Hall–Kier alpha value is -2.51. The predicted molar refractivity (Wildman–Crippen MR) is 122 cm³/mol. The number of hydrogen-bond acceptors (Lipinski definition) is 5. The molecule has 0 unspecified atom stereocenters. The fourth-order valence-corrected chi connectivity index (χ4v) is 4.82. The van der Waals surface area contributed by atoms with Crippen molar-refractivity contribution in [1.82, 2.24) is 19.7 Å². The van der Waals surface area contributed by atoms with Crippen LogP contribution in [0.1, 0.15) is 53.6 Å². The lowest BCUT2D eigenvalue weighted by molar-refractivity contribution is 0.0993. The lowest BCUT2D eigenvalue weighted by Crippen LogP contribution is -2.21. The van der Waals surface area contributed by atoms with E-state index in [0.717, 1.165) is 36.3 Å². The number of hydrogen-bond donors (Lipinski definition) is 0. The van der Waals surface area contributed by atoms with Gasteiger partial charge in [0.1, 0.15) is 5.82 Å². The first kappa shape index (κ1) is 21.7. The number of fused-ring (bicyclic) bond motifs is 1. The van der Waals surface area contributed by atoms with E-state index < -0.39 is 0 Å². The molecule has 7 heteroatoms. The fourth-order valence-electron chi connectivity index (χ4n) is 3.86. The van der Waals surface area contributed by atoms with Crippen LogP contribution in [0.2, 0.25) is 0 Å². The van der Waals surface area contributed by atoms with Crippen molar-refractivity contribution in [2.45, 2.75) is 49.6 Å². The van der Waals surface area contributed by atoms with Gasteiger partial charge in [0.25, 0.3) is 0 Å². The van der Waals surface area contributed by atoms with Gasteiger partial charge >= 0.3 is 0 Å². The van der Waals surface area contributed by atoms with Crippen molar-refractivity contribution < 1.29 is 9.18 Å². The zero-order valence-electron chi connectivity index (χ0n) is 18.3. The Bertz CT molecular complexity index is 1090. The lowest BCUT2D eigenvalue weighted by Gasteiger charge is -2.21. The van der Waals surface area contributed by atoms with Crippen molar-refractivity contribution in [1.29, 1.82) is 0 Å². The van der Waals surface area contributed by atoms with Crippen molar-refractivity contribution >= 4 is 17.5 Å². The summed E-state index contributed by atoms with van der Waals surface area (Å²) in [6.45, 7) is 3.94. The average molecular weight is 439 g/mol. The Balaban J connectivity index is 1.64. The van der Waals surface area contributed by atoms with Gasteiger partial charge in [-0.25, -0.2) is 4.39 Å². The minimum Gasteiger partial charge on any atom is -0.300 e. The van der Waals surface area contributed by atoms with Crippen LogP contribution in [-0.2, 0) is 12.8 Å². The SMILES string of the molecule is C[C@H](c1nnc(S[C@H](C)C(=O)c2ccc3c(c2)CCC3)n1-c1ccc(F)cc1)N(C)C. The Morgan fingerprint density at radius 1 is 1.06 bits per heavy atom. The van der Waals surface area contributed by atoms with Crippen LogP contribution in [0.3, 0.4) is 0 Å². The highest BCUT2D eigenvalue weighted by Gasteiger charge is 2.25. The molecule has 0 radical (unpaired) electrons. The van der Waals surface area contributed by atoms with Crippen molar-refractivity contribution in [2.75, 3.05) is 14.1 Å². The summed E-state index contributed by atoms with van der Waals surface area (Å²) in [7, 11) is 3.95. The number of Topliss-reactive ketones (excluding diaryl/α,β-unsaturated/α-hetero) is 1. The Labute approximate surface area is 186 Å². The second-order valence-corrected chi connectivity index (χ2v) is 9.56. The van der Waals surface area contributed by atoms with Crippen LogP contribution < -0.4 is 0 Å². The molecule has 0 saturated carbocycles. The molecule has 1 heterocycles. The third-order valence-electron chi connectivity index (χ3n) is 5.93. The molecule has 0 N–H and O–H groups in total. The molecule has 0 fully saturated rings. The number of nitrogens with zero attached hydrogens (tertiary/aromatic N) is 4. The van der Waals surface area contributed by atoms with Crippen molar-refractivity contribution in [2.24, 2.45) is 0 Å². The molecule has 1 aliphatic carbocycles. The zero-order valence-corrected chi connectivity index (χ0v) is 19.1. The number of halogens is 1. The molecule has 3 aromatic rings. The average Bonchev–Trinajstić information content (AvgIpc) is 3.39. The van der Waals surface area contributed by atoms with Crippen molar-refractivity contribution in [3.63, 3.8) is 0 Å². The molecular weight excluding hydrogens is 411 g/mol. The largest absolute Gasteiger partial charge is 0.300 e. The number of benzene rings is 2. The van der Waals surface area contributed by atoms with Gasteiger partial charge in [0, 0.05) is 11.3 Å². The number of aromatic nitrogens is 3. The van der Waals surface area contributed by atoms with Gasteiger partial charge in [0.2, 0.25) is 0 Å². The van der Waals surface area contributed by atoms with Gasteiger partial charge in [-0.05, 0) is 88.7 Å². The summed E-state index contributed by atoms with van der Waals surface area (Å²) < 4.78 is 15.4. The lowest BCUT2D eigenvalue weighted by atomic mass is 10.0. The van der Waals surface area contributed by atoms with Crippen LogP contribution in [0.15, 0.2) is 47.6 Å². The van der Waals surface area contributed by atoms with E-state index in [0.29, 0.717) is 5.16 Å². The smallest absolute Gasteiger partial charge is 0.196 e. The van der Waals surface area contributed by atoms with Crippen LogP contribution >= 0.6 is 11.8 Å². The van der Waals surface area contributed by atoms with E-state index in [4.69, 9.17) is 0 Å². The first-order chi connectivity index (χ1) is 14.8. The normalized spacial score (nSPS) is 15.2. The third kappa shape index (κ3) is 4.43. The highest BCUT2D eigenvalue weighted by Crippen LogP contribution is 2.31. The van der Waals surface area contributed by atoms with Crippen molar-refractivity contribution in [3.8, 4) is 5.69 Å². The molecule has 2 aromatic carbocycles. The second kappa shape index (κ2) is 8.93. The van der Waals surface area contributed by atoms with E-state index in [1.54, 1.807) is 12.1 Å². The minimum atomic E-state index is -0.328. The van der Waals surface area contributed by atoms with Crippen LogP contribution in [0.4, 0.5) is 4.39 Å². The predicted octanol–water partition coefficient (Wildman–Crippen LogP) is 4.88. The van der Waals surface area contributed by atoms with E-state index in [2.05, 4.69) is 16.3 Å². The van der Waals surface area contributed by atoms with Crippen LogP contribution in [0.25, 0.3) is 5.69 Å². The Kier molecular flexibility index (Phi) is 6.25. The second-order valence-electron chi connectivity index (χ2n) is 8.25. The van der Waals surface area contributed by atoms with E-state index in [1.165, 1.54) is 35.0 Å². The van der Waals surface area contributed by atoms with Crippen LogP contribution in [0, 0.1) is 5.82 Å². The van der Waals surface area contributed by atoms with Gasteiger partial charge < -0.3 is 0 Å². The molecule has 162 valence electrons. The molecule has 5 nitrogen and oxygen atoms in total. The maximum absolute atomic E-state index is 13.5. The number of thioether (sulfide) groups is 1. The van der Waals surface area contributed by atoms with Gasteiger partial charge in [-0.1, -0.05) is 23.9 Å². The van der Waals surface area contributed by atoms with Gasteiger partial charge in [-0.3, -0.25) is 14.3 Å². The minimum absolute atomic E-state index is 0.00498. The quantitative estimate of drug-likeness (QED) is 0.389. The summed E-state index contributed by atoms with van der Waals surface area (Å²) in [6, 6.07) is 12.3. The van der Waals surface area contributed by atoms with Gasteiger partial charge in [-0.2, -0.15) is 0 Å². The highest BCUT2D eigenvalue weighted by molar-refractivity contribution is 8.00. The standard InChI is InChI=1S/C24H27FN4OS/c1-15(28(3)4)23-26-27-24(29(23)21-12-10-20(25)11-13-21)31-16(2)22(30)19-9-8-17-6-5-7-18(17)14-19/h8-16H,5-7H2,1-4H3/t15-,16-/m1/s1. The number of aryl methyl sites for hydroxylation is 2. The molecule has 4 rings (SSSR count). The Morgan fingerprint density at radius 2 is 1.77 bits per heavy atom. The topological polar surface area (TPSA) is 51.0 Å². The number of ketones is 1. The molecule has 2 atom stereocenters. The molecule has 0 aliphatic heterocycles. The number of rotatable bonds is 7.